The van der Waals surface area contributed by atoms with Gasteiger partial charge in [-0.15, -0.1) is 0 Å². The van der Waals surface area contributed by atoms with Gasteiger partial charge in [-0.05, 0) is 49.7 Å². The van der Waals surface area contributed by atoms with Crippen molar-refractivity contribution in [3.8, 4) is 0 Å². The number of sulfonamides is 1. The Bertz CT molecular complexity index is 808. The van der Waals surface area contributed by atoms with Gasteiger partial charge in [0.1, 0.15) is 6.54 Å². The lowest BCUT2D eigenvalue weighted by Crippen LogP contribution is -2.43. The van der Waals surface area contributed by atoms with E-state index in [0.717, 1.165) is 10.7 Å². The predicted molar refractivity (Wildman–Crippen MR) is 100 cm³/mol. The number of benzene rings is 2. The largest absolute Gasteiger partial charge is 0.352 e. The fourth-order valence-electron chi connectivity index (χ4n) is 2.20. The first-order chi connectivity index (χ1) is 11.8. The molecule has 2 rings (SSSR count). The van der Waals surface area contributed by atoms with Crippen molar-refractivity contribution in [3.05, 3.63) is 59.6 Å². The molecule has 134 valence electrons. The lowest BCUT2D eigenvalue weighted by molar-refractivity contribution is -0.120. The Labute approximate surface area is 153 Å². The number of carbonyl (C=O) groups excluding carboxylic acids is 1. The molecule has 1 atom stereocenters. The van der Waals surface area contributed by atoms with E-state index in [1.165, 1.54) is 12.1 Å². The van der Waals surface area contributed by atoms with Crippen molar-refractivity contribution in [2.75, 3.05) is 10.8 Å². The highest BCUT2D eigenvalue weighted by Crippen LogP contribution is 2.25. The first-order valence-corrected chi connectivity index (χ1v) is 9.79. The van der Waals surface area contributed by atoms with Gasteiger partial charge in [-0.1, -0.05) is 36.7 Å². The molecule has 2 aromatic carbocycles. The van der Waals surface area contributed by atoms with Crippen LogP contribution in [0, 0.1) is 0 Å². The SMILES string of the molecule is CCC(C)NC(=O)CN(c1ccc(Cl)cc1)S(=O)(=O)c1ccccc1. The molecule has 0 aliphatic carbocycles. The molecule has 0 heterocycles. The number of amides is 1. The van der Waals surface area contributed by atoms with E-state index in [0.29, 0.717) is 10.7 Å². The van der Waals surface area contributed by atoms with Crippen molar-refractivity contribution < 1.29 is 13.2 Å². The maximum Gasteiger partial charge on any atom is 0.264 e. The maximum absolute atomic E-state index is 13.0. The van der Waals surface area contributed by atoms with Crippen molar-refractivity contribution >= 4 is 33.2 Å². The first-order valence-electron chi connectivity index (χ1n) is 7.97. The molecule has 0 bridgehead atoms. The molecule has 0 aliphatic rings. The van der Waals surface area contributed by atoms with E-state index in [-0.39, 0.29) is 23.4 Å². The molecular formula is C18H21ClN2O3S. The number of hydrogen-bond acceptors (Lipinski definition) is 3. The highest BCUT2D eigenvalue weighted by molar-refractivity contribution is 7.92. The number of hydrogen-bond donors (Lipinski definition) is 1. The highest BCUT2D eigenvalue weighted by Gasteiger charge is 2.27. The van der Waals surface area contributed by atoms with Crippen LogP contribution in [0.25, 0.3) is 0 Å². The second-order valence-electron chi connectivity index (χ2n) is 5.68. The molecule has 0 saturated heterocycles. The topological polar surface area (TPSA) is 66.5 Å². The molecule has 7 heteroatoms. The number of anilines is 1. The Balaban J connectivity index is 2.39. The van der Waals surface area contributed by atoms with Crippen molar-refractivity contribution in [1.82, 2.24) is 5.32 Å². The van der Waals surface area contributed by atoms with Crippen molar-refractivity contribution in [1.29, 1.82) is 0 Å². The zero-order valence-corrected chi connectivity index (χ0v) is 15.7. The molecule has 5 nitrogen and oxygen atoms in total. The van der Waals surface area contributed by atoms with Gasteiger partial charge in [-0.25, -0.2) is 8.42 Å². The Morgan fingerprint density at radius 1 is 1.12 bits per heavy atom. The van der Waals surface area contributed by atoms with Crippen LogP contribution in [-0.2, 0) is 14.8 Å². The molecule has 1 amide bonds. The molecule has 0 radical (unpaired) electrons. The molecule has 0 aromatic heterocycles. The molecule has 1 unspecified atom stereocenters. The Morgan fingerprint density at radius 2 is 1.72 bits per heavy atom. The van der Waals surface area contributed by atoms with Crippen LogP contribution < -0.4 is 9.62 Å². The molecule has 2 aromatic rings. The zero-order chi connectivity index (χ0) is 18.4. The third-order valence-electron chi connectivity index (χ3n) is 3.75. The zero-order valence-electron chi connectivity index (χ0n) is 14.1. The summed E-state index contributed by atoms with van der Waals surface area (Å²) < 4.78 is 27.1. The number of rotatable bonds is 7. The summed E-state index contributed by atoms with van der Waals surface area (Å²) in [5.41, 5.74) is 0.382. The first kappa shape index (κ1) is 19.3. The molecular weight excluding hydrogens is 360 g/mol. The van der Waals surface area contributed by atoms with Gasteiger partial charge < -0.3 is 5.32 Å². The van der Waals surface area contributed by atoms with Gasteiger partial charge in [0.05, 0.1) is 10.6 Å². The number of halogens is 1. The van der Waals surface area contributed by atoms with E-state index in [4.69, 9.17) is 11.6 Å². The summed E-state index contributed by atoms with van der Waals surface area (Å²) in [6.45, 7) is 3.52. The van der Waals surface area contributed by atoms with E-state index in [9.17, 15) is 13.2 Å². The minimum atomic E-state index is -3.88. The number of carbonyl (C=O) groups is 1. The summed E-state index contributed by atoms with van der Waals surface area (Å²) in [5, 5.41) is 3.28. The van der Waals surface area contributed by atoms with Crippen molar-refractivity contribution in [3.63, 3.8) is 0 Å². The minimum Gasteiger partial charge on any atom is -0.352 e. The van der Waals surface area contributed by atoms with Crippen molar-refractivity contribution in [2.45, 2.75) is 31.2 Å². The molecule has 0 fully saturated rings. The Morgan fingerprint density at radius 3 is 2.28 bits per heavy atom. The normalized spacial score (nSPS) is 12.4. The molecule has 1 N–H and O–H groups in total. The summed E-state index contributed by atoms with van der Waals surface area (Å²) >= 11 is 5.89. The quantitative estimate of drug-likeness (QED) is 0.800. The molecule has 25 heavy (non-hydrogen) atoms. The van der Waals surface area contributed by atoms with Crippen LogP contribution in [0.3, 0.4) is 0 Å². The standard InChI is InChI=1S/C18H21ClN2O3S/c1-3-14(2)20-18(22)13-21(16-11-9-15(19)10-12-16)25(23,24)17-7-5-4-6-8-17/h4-12,14H,3,13H2,1-2H3,(H,20,22). The average molecular weight is 381 g/mol. The van der Waals surface area contributed by atoms with Crippen LogP contribution in [-0.4, -0.2) is 26.9 Å². The van der Waals surface area contributed by atoms with Gasteiger partial charge in [-0.2, -0.15) is 0 Å². The molecule has 0 aliphatic heterocycles. The fourth-order valence-corrected chi connectivity index (χ4v) is 3.76. The molecule has 0 spiro atoms. The van der Waals surface area contributed by atoms with E-state index >= 15 is 0 Å². The van der Waals surface area contributed by atoms with Gasteiger partial charge in [0.25, 0.3) is 10.0 Å². The Hall–Kier alpha value is -2.05. The lowest BCUT2D eigenvalue weighted by atomic mass is 10.2. The fraction of sp³-hybridized carbons (Fsp3) is 0.278. The van der Waals surface area contributed by atoms with E-state index < -0.39 is 10.0 Å². The second kappa shape index (κ2) is 8.36. The summed E-state index contributed by atoms with van der Waals surface area (Å²) in [6, 6.07) is 14.4. The smallest absolute Gasteiger partial charge is 0.264 e. The predicted octanol–water partition coefficient (Wildman–Crippen LogP) is 3.45. The van der Waals surface area contributed by atoms with Gasteiger partial charge in [-0.3, -0.25) is 9.10 Å². The van der Waals surface area contributed by atoms with Crippen LogP contribution in [0.2, 0.25) is 5.02 Å². The van der Waals surface area contributed by atoms with Gasteiger partial charge in [0.15, 0.2) is 0 Å². The van der Waals surface area contributed by atoms with Gasteiger partial charge >= 0.3 is 0 Å². The number of nitrogens with zero attached hydrogens (tertiary/aromatic N) is 1. The van der Waals surface area contributed by atoms with Crippen LogP contribution >= 0.6 is 11.6 Å². The van der Waals surface area contributed by atoms with E-state index in [1.54, 1.807) is 42.5 Å². The summed E-state index contributed by atoms with van der Waals surface area (Å²) in [6.07, 6.45) is 0.762. The highest BCUT2D eigenvalue weighted by atomic mass is 35.5. The third-order valence-corrected chi connectivity index (χ3v) is 5.79. The monoisotopic (exact) mass is 380 g/mol. The summed E-state index contributed by atoms with van der Waals surface area (Å²) in [5.74, 6) is -0.358. The van der Waals surface area contributed by atoms with Crippen LogP contribution in [0.4, 0.5) is 5.69 Å². The molecule has 0 saturated carbocycles. The van der Waals surface area contributed by atoms with Gasteiger partial charge in [0, 0.05) is 11.1 Å². The Kier molecular flexibility index (Phi) is 6.45. The maximum atomic E-state index is 13.0. The number of nitrogens with one attached hydrogen (secondary N) is 1. The van der Waals surface area contributed by atoms with Crippen LogP contribution in [0.15, 0.2) is 59.5 Å². The second-order valence-corrected chi connectivity index (χ2v) is 7.98. The van der Waals surface area contributed by atoms with E-state index in [1.807, 2.05) is 13.8 Å². The van der Waals surface area contributed by atoms with Crippen molar-refractivity contribution in [2.24, 2.45) is 0 Å². The van der Waals surface area contributed by atoms with Gasteiger partial charge in [0.2, 0.25) is 5.91 Å². The third kappa shape index (κ3) is 4.96. The minimum absolute atomic E-state index is 0.0287. The van der Waals surface area contributed by atoms with Crippen LogP contribution in [0.5, 0.6) is 0 Å². The lowest BCUT2D eigenvalue weighted by Gasteiger charge is -2.25. The summed E-state index contributed by atoms with van der Waals surface area (Å²) in [4.78, 5) is 12.4. The average Bonchev–Trinajstić information content (AvgIpc) is 2.61. The van der Waals surface area contributed by atoms with Crippen LogP contribution in [0.1, 0.15) is 20.3 Å². The van der Waals surface area contributed by atoms with E-state index in [2.05, 4.69) is 5.32 Å². The summed E-state index contributed by atoms with van der Waals surface area (Å²) in [7, 11) is -3.88.